The fourth-order valence-corrected chi connectivity index (χ4v) is 4.35. The number of halogens is 1. The van der Waals surface area contributed by atoms with Gasteiger partial charge in [-0.15, -0.1) is 11.3 Å². The molecule has 1 heterocycles. The van der Waals surface area contributed by atoms with Crippen molar-refractivity contribution in [3.63, 3.8) is 0 Å². The lowest BCUT2D eigenvalue weighted by Gasteiger charge is -2.13. The molecule has 0 bridgehead atoms. The second kappa shape index (κ2) is 9.52. The summed E-state index contributed by atoms with van der Waals surface area (Å²) >= 11 is 13.3. The minimum Gasteiger partial charge on any atom is -0.497 e. The number of para-hydroxylation sites is 1. The van der Waals surface area contributed by atoms with Crippen molar-refractivity contribution in [1.29, 1.82) is 0 Å². The number of hydrogen-bond acceptors (Lipinski definition) is 6. The van der Waals surface area contributed by atoms with Gasteiger partial charge in [0, 0.05) is 17.2 Å². The summed E-state index contributed by atoms with van der Waals surface area (Å²) < 4.78 is 11.5. The number of methoxy groups -OCH3 is 2. The Morgan fingerprint density at radius 3 is 2.44 bits per heavy atom. The van der Waals surface area contributed by atoms with Crippen molar-refractivity contribution in [2.75, 3.05) is 19.5 Å². The number of aromatic nitrogens is 1. The number of anilines is 1. The van der Waals surface area contributed by atoms with E-state index in [1.807, 2.05) is 36.4 Å². The van der Waals surface area contributed by atoms with Crippen molar-refractivity contribution in [3.8, 4) is 22.1 Å². The van der Waals surface area contributed by atoms with E-state index in [1.165, 1.54) is 14.2 Å². The standard InChI is InChI=1S/C23H18ClN3O3S2/c1-29-15-9-14(10-16(12-15)30-2)21(28)27-23(31)26-19-11-13(7-8-17(19)24)22-25-18-5-3-4-6-20(18)32-22/h3-12H,1-2H3,(H2,26,27,28,31). The zero-order chi connectivity index (χ0) is 22.7. The van der Waals surface area contributed by atoms with Gasteiger partial charge in [-0.2, -0.15) is 0 Å². The van der Waals surface area contributed by atoms with E-state index in [0.29, 0.717) is 27.8 Å². The Kier molecular flexibility index (Phi) is 6.55. The molecule has 2 N–H and O–H groups in total. The van der Waals surface area contributed by atoms with Gasteiger partial charge in [0.2, 0.25) is 0 Å². The summed E-state index contributed by atoms with van der Waals surface area (Å²) in [6, 6.07) is 18.3. The number of benzene rings is 3. The third kappa shape index (κ3) is 4.83. The van der Waals surface area contributed by atoms with Crippen LogP contribution in [0.15, 0.2) is 60.7 Å². The average molecular weight is 484 g/mol. The van der Waals surface area contributed by atoms with Gasteiger partial charge in [-0.3, -0.25) is 10.1 Å². The highest BCUT2D eigenvalue weighted by Crippen LogP contribution is 2.33. The maximum absolute atomic E-state index is 12.7. The molecule has 0 aliphatic rings. The molecule has 0 spiro atoms. The lowest BCUT2D eigenvalue weighted by atomic mass is 10.2. The van der Waals surface area contributed by atoms with Gasteiger partial charge >= 0.3 is 0 Å². The average Bonchev–Trinajstić information content (AvgIpc) is 3.24. The summed E-state index contributed by atoms with van der Waals surface area (Å²) in [6.45, 7) is 0. The molecule has 0 atom stereocenters. The lowest BCUT2D eigenvalue weighted by molar-refractivity contribution is 0.0977. The summed E-state index contributed by atoms with van der Waals surface area (Å²) in [4.78, 5) is 17.3. The highest BCUT2D eigenvalue weighted by atomic mass is 35.5. The Labute approximate surface area is 199 Å². The molecule has 0 saturated carbocycles. The molecule has 3 aromatic carbocycles. The van der Waals surface area contributed by atoms with Crippen LogP contribution in [0.5, 0.6) is 11.5 Å². The first kappa shape index (κ1) is 22.0. The number of nitrogens with one attached hydrogen (secondary N) is 2. The third-order valence-electron chi connectivity index (χ3n) is 4.60. The molecular weight excluding hydrogens is 466 g/mol. The minimum atomic E-state index is -0.404. The second-order valence-electron chi connectivity index (χ2n) is 6.69. The summed E-state index contributed by atoms with van der Waals surface area (Å²) in [5.41, 5.74) is 2.75. The quantitative estimate of drug-likeness (QED) is 0.351. The summed E-state index contributed by atoms with van der Waals surface area (Å²) in [5.74, 6) is 0.595. The Morgan fingerprint density at radius 1 is 1.03 bits per heavy atom. The molecule has 0 saturated heterocycles. The smallest absolute Gasteiger partial charge is 0.257 e. The molecule has 32 heavy (non-hydrogen) atoms. The molecule has 1 aromatic heterocycles. The van der Waals surface area contributed by atoms with Gasteiger partial charge in [0.15, 0.2) is 5.11 Å². The van der Waals surface area contributed by atoms with E-state index in [4.69, 9.17) is 33.3 Å². The normalized spacial score (nSPS) is 10.6. The molecule has 0 unspecified atom stereocenters. The Balaban J connectivity index is 1.52. The lowest BCUT2D eigenvalue weighted by Crippen LogP contribution is -2.34. The van der Waals surface area contributed by atoms with Gasteiger partial charge in [0.05, 0.1) is 35.1 Å². The van der Waals surface area contributed by atoms with Crippen LogP contribution < -0.4 is 20.1 Å². The fourth-order valence-electron chi connectivity index (χ4n) is 3.02. The fraction of sp³-hybridized carbons (Fsp3) is 0.0870. The Morgan fingerprint density at radius 2 is 1.75 bits per heavy atom. The van der Waals surface area contributed by atoms with E-state index in [1.54, 1.807) is 35.6 Å². The number of fused-ring (bicyclic) bond motifs is 1. The maximum Gasteiger partial charge on any atom is 0.257 e. The second-order valence-corrected chi connectivity index (χ2v) is 8.54. The SMILES string of the molecule is COc1cc(OC)cc(C(=O)NC(=S)Nc2cc(-c3nc4ccccc4s3)ccc2Cl)c1. The monoisotopic (exact) mass is 483 g/mol. The maximum atomic E-state index is 12.7. The summed E-state index contributed by atoms with van der Waals surface area (Å²) in [6.07, 6.45) is 0. The summed E-state index contributed by atoms with van der Waals surface area (Å²) in [5, 5.41) is 7.09. The number of carbonyl (C=O) groups excluding carboxylic acids is 1. The van der Waals surface area contributed by atoms with Crippen molar-refractivity contribution in [2.24, 2.45) is 0 Å². The number of nitrogens with zero attached hydrogens (tertiary/aromatic N) is 1. The molecular formula is C23H18ClN3O3S2. The van der Waals surface area contributed by atoms with Gasteiger partial charge in [0.1, 0.15) is 16.5 Å². The first-order chi connectivity index (χ1) is 15.5. The van der Waals surface area contributed by atoms with E-state index in [-0.39, 0.29) is 5.11 Å². The van der Waals surface area contributed by atoms with Crippen LogP contribution in [0.25, 0.3) is 20.8 Å². The zero-order valence-electron chi connectivity index (χ0n) is 17.1. The highest BCUT2D eigenvalue weighted by molar-refractivity contribution is 7.80. The van der Waals surface area contributed by atoms with Crippen LogP contribution in [-0.4, -0.2) is 30.2 Å². The van der Waals surface area contributed by atoms with Crippen LogP contribution in [-0.2, 0) is 0 Å². The topological polar surface area (TPSA) is 72.5 Å². The molecule has 4 aromatic rings. The zero-order valence-corrected chi connectivity index (χ0v) is 19.5. The van der Waals surface area contributed by atoms with Crippen molar-refractivity contribution in [2.45, 2.75) is 0 Å². The number of ether oxygens (including phenoxy) is 2. The van der Waals surface area contributed by atoms with Gasteiger partial charge < -0.3 is 14.8 Å². The molecule has 1 amide bonds. The van der Waals surface area contributed by atoms with E-state index in [0.717, 1.165) is 20.8 Å². The van der Waals surface area contributed by atoms with E-state index < -0.39 is 5.91 Å². The van der Waals surface area contributed by atoms with Crippen LogP contribution in [0, 0.1) is 0 Å². The molecule has 9 heteroatoms. The van der Waals surface area contributed by atoms with Gasteiger partial charge in [-0.25, -0.2) is 4.98 Å². The number of carbonyl (C=O) groups is 1. The number of rotatable bonds is 5. The molecule has 6 nitrogen and oxygen atoms in total. The van der Waals surface area contributed by atoms with Gasteiger partial charge in [-0.05, 0) is 48.6 Å². The largest absolute Gasteiger partial charge is 0.497 e. The molecule has 0 aliphatic carbocycles. The van der Waals surface area contributed by atoms with E-state index in [9.17, 15) is 4.79 Å². The van der Waals surface area contributed by atoms with Gasteiger partial charge in [-0.1, -0.05) is 29.8 Å². The Hall–Kier alpha value is -3.20. The molecule has 4 rings (SSSR count). The van der Waals surface area contributed by atoms with Crippen LogP contribution in [0.4, 0.5) is 5.69 Å². The predicted octanol–water partition coefficient (Wildman–Crippen LogP) is 5.76. The first-order valence-corrected chi connectivity index (χ1v) is 11.1. The van der Waals surface area contributed by atoms with E-state index in [2.05, 4.69) is 15.6 Å². The summed E-state index contributed by atoms with van der Waals surface area (Å²) in [7, 11) is 3.03. The van der Waals surface area contributed by atoms with E-state index >= 15 is 0 Å². The minimum absolute atomic E-state index is 0.111. The van der Waals surface area contributed by atoms with Crippen LogP contribution in [0.2, 0.25) is 5.02 Å². The number of amides is 1. The molecule has 162 valence electrons. The van der Waals surface area contributed by atoms with Gasteiger partial charge in [0.25, 0.3) is 5.91 Å². The van der Waals surface area contributed by atoms with Crippen LogP contribution >= 0.6 is 35.2 Å². The highest BCUT2D eigenvalue weighted by Gasteiger charge is 2.14. The van der Waals surface area contributed by atoms with Crippen LogP contribution in [0.1, 0.15) is 10.4 Å². The van der Waals surface area contributed by atoms with Crippen molar-refractivity contribution >= 4 is 62.1 Å². The first-order valence-electron chi connectivity index (χ1n) is 9.47. The van der Waals surface area contributed by atoms with Crippen molar-refractivity contribution in [1.82, 2.24) is 10.3 Å². The number of thiocarbonyl (C=S) groups is 1. The predicted molar refractivity (Wildman–Crippen MR) is 133 cm³/mol. The number of thiazole rings is 1. The molecule has 0 radical (unpaired) electrons. The number of hydrogen-bond donors (Lipinski definition) is 2. The third-order valence-corrected chi connectivity index (χ3v) is 6.22. The van der Waals surface area contributed by atoms with Crippen molar-refractivity contribution in [3.05, 3.63) is 71.2 Å². The molecule has 0 fully saturated rings. The molecule has 0 aliphatic heterocycles. The Bertz CT molecular complexity index is 1270. The van der Waals surface area contributed by atoms with Crippen LogP contribution in [0.3, 0.4) is 0 Å². The van der Waals surface area contributed by atoms with Crippen molar-refractivity contribution < 1.29 is 14.3 Å².